The van der Waals surface area contributed by atoms with E-state index in [9.17, 15) is 0 Å². The van der Waals surface area contributed by atoms with E-state index in [1.807, 2.05) is 36.4 Å². The van der Waals surface area contributed by atoms with Crippen molar-refractivity contribution in [2.45, 2.75) is 0 Å². The molecule has 0 unspecified atom stereocenters. The number of halogens is 1. The van der Waals surface area contributed by atoms with Crippen molar-refractivity contribution in [1.82, 2.24) is 9.97 Å². The minimum Gasteiger partial charge on any atom is -0.252 e. The Morgan fingerprint density at radius 2 is 2.00 bits per heavy atom. The van der Waals surface area contributed by atoms with Crippen LogP contribution in [-0.2, 0) is 0 Å². The van der Waals surface area contributed by atoms with Crippen LogP contribution in [0.25, 0.3) is 17.1 Å². The molecule has 0 bridgehead atoms. The van der Waals surface area contributed by atoms with Crippen LogP contribution in [-0.4, -0.2) is 15.8 Å². The average Bonchev–Trinajstić information content (AvgIpc) is 2.26. The molecule has 1 aromatic carbocycles. The van der Waals surface area contributed by atoms with Crippen LogP contribution in [0.1, 0.15) is 5.69 Å². The highest BCUT2D eigenvalue weighted by atomic mass is 35.5. The standard InChI is InChI=1S/C11H9ClN2/c12-7-3-4-9-8-13-10-5-1-2-6-11(10)14-9/h1-6,8H,7H2/b4-3+. The Morgan fingerprint density at radius 1 is 1.21 bits per heavy atom. The summed E-state index contributed by atoms with van der Waals surface area (Å²) >= 11 is 5.53. The maximum atomic E-state index is 5.53. The van der Waals surface area contributed by atoms with Crippen molar-refractivity contribution in [3.8, 4) is 0 Å². The quantitative estimate of drug-likeness (QED) is 0.703. The molecule has 3 heteroatoms. The fourth-order valence-electron chi connectivity index (χ4n) is 1.22. The number of hydrogen-bond donors (Lipinski definition) is 0. The molecule has 0 saturated carbocycles. The van der Waals surface area contributed by atoms with E-state index >= 15 is 0 Å². The largest absolute Gasteiger partial charge is 0.252 e. The molecule has 0 amide bonds. The number of aromatic nitrogens is 2. The summed E-state index contributed by atoms with van der Waals surface area (Å²) in [6.45, 7) is 0. The summed E-state index contributed by atoms with van der Waals surface area (Å²) in [5.74, 6) is 0.495. The van der Waals surface area contributed by atoms with Crippen molar-refractivity contribution >= 4 is 28.7 Å². The van der Waals surface area contributed by atoms with Gasteiger partial charge >= 0.3 is 0 Å². The Balaban J connectivity index is 2.46. The summed E-state index contributed by atoms with van der Waals surface area (Å²) < 4.78 is 0. The number of para-hydroxylation sites is 2. The lowest BCUT2D eigenvalue weighted by Crippen LogP contribution is -1.86. The second-order valence-corrected chi connectivity index (χ2v) is 3.15. The van der Waals surface area contributed by atoms with Gasteiger partial charge in [-0.15, -0.1) is 11.6 Å². The minimum absolute atomic E-state index is 0.495. The summed E-state index contributed by atoms with van der Waals surface area (Å²) in [6.07, 6.45) is 5.46. The molecular weight excluding hydrogens is 196 g/mol. The van der Waals surface area contributed by atoms with Gasteiger partial charge in [0, 0.05) is 5.88 Å². The van der Waals surface area contributed by atoms with E-state index < -0.39 is 0 Å². The first-order valence-electron chi connectivity index (χ1n) is 4.34. The number of allylic oxidation sites excluding steroid dienone is 1. The topological polar surface area (TPSA) is 25.8 Å². The third-order valence-electron chi connectivity index (χ3n) is 1.84. The number of fused-ring (bicyclic) bond motifs is 1. The van der Waals surface area contributed by atoms with Gasteiger partial charge in [-0.05, 0) is 18.2 Å². The Kier molecular flexibility index (Phi) is 2.75. The van der Waals surface area contributed by atoms with Crippen LogP contribution in [0.3, 0.4) is 0 Å². The second kappa shape index (κ2) is 4.20. The molecule has 0 atom stereocenters. The maximum Gasteiger partial charge on any atom is 0.0894 e. The van der Waals surface area contributed by atoms with Crippen LogP contribution in [0.15, 0.2) is 36.5 Å². The summed E-state index contributed by atoms with van der Waals surface area (Å²) in [5, 5.41) is 0. The molecule has 0 fully saturated rings. The van der Waals surface area contributed by atoms with Gasteiger partial charge in [-0.25, -0.2) is 4.98 Å². The summed E-state index contributed by atoms with van der Waals surface area (Å²) in [4.78, 5) is 8.68. The molecule has 2 aromatic rings. The molecule has 2 nitrogen and oxygen atoms in total. The van der Waals surface area contributed by atoms with Gasteiger partial charge in [0.2, 0.25) is 0 Å². The lowest BCUT2D eigenvalue weighted by molar-refractivity contribution is 1.26. The van der Waals surface area contributed by atoms with E-state index in [0.717, 1.165) is 16.7 Å². The zero-order valence-electron chi connectivity index (χ0n) is 7.52. The lowest BCUT2D eigenvalue weighted by Gasteiger charge is -1.96. The van der Waals surface area contributed by atoms with E-state index in [1.165, 1.54) is 0 Å². The van der Waals surface area contributed by atoms with E-state index in [-0.39, 0.29) is 0 Å². The normalized spacial score (nSPS) is 11.2. The lowest BCUT2D eigenvalue weighted by atomic mass is 10.3. The van der Waals surface area contributed by atoms with E-state index in [0.29, 0.717) is 5.88 Å². The first-order chi connectivity index (χ1) is 6.90. The smallest absolute Gasteiger partial charge is 0.0894 e. The van der Waals surface area contributed by atoms with Crippen LogP contribution in [0, 0.1) is 0 Å². The summed E-state index contributed by atoms with van der Waals surface area (Å²) in [7, 11) is 0. The zero-order valence-corrected chi connectivity index (χ0v) is 8.28. The molecule has 0 radical (unpaired) electrons. The van der Waals surface area contributed by atoms with Gasteiger partial charge in [-0.3, -0.25) is 4.98 Å². The zero-order chi connectivity index (χ0) is 9.80. The van der Waals surface area contributed by atoms with E-state index in [1.54, 1.807) is 6.20 Å². The predicted molar refractivity (Wildman–Crippen MR) is 59.3 cm³/mol. The number of hydrogen-bond acceptors (Lipinski definition) is 2. The monoisotopic (exact) mass is 204 g/mol. The predicted octanol–water partition coefficient (Wildman–Crippen LogP) is 2.88. The summed E-state index contributed by atoms with van der Waals surface area (Å²) in [6, 6.07) is 7.79. The molecule has 0 saturated heterocycles. The number of alkyl halides is 1. The highest BCUT2D eigenvalue weighted by Gasteiger charge is 1.94. The number of benzene rings is 1. The van der Waals surface area contributed by atoms with Crippen LogP contribution >= 0.6 is 11.6 Å². The van der Waals surface area contributed by atoms with Gasteiger partial charge < -0.3 is 0 Å². The molecule has 14 heavy (non-hydrogen) atoms. The molecule has 0 aliphatic rings. The molecule has 0 N–H and O–H groups in total. The van der Waals surface area contributed by atoms with Gasteiger partial charge in [0.25, 0.3) is 0 Å². The third kappa shape index (κ3) is 1.91. The van der Waals surface area contributed by atoms with Crippen molar-refractivity contribution in [1.29, 1.82) is 0 Å². The van der Waals surface area contributed by atoms with Crippen molar-refractivity contribution in [2.24, 2.45) is 0 Å². The molecule has 0 spiro atoms. The molecular formula is C11H9ClN2. The van der Waals surface area contributed by atoms with E-state index in [4.69, 9.17) is 11.6 Å². The van der Waals surface area contributed by atoms with Gasteiger partial charge in [0.15, 0.2) is 0 Å². The van der Waals surface area contributed by atoms with Crippen LogP contribution in [0.4, 0.5) is 0 Å². The molecule has 0 aliphatic heterocycles. The molecule has 70 valence electrons. The maximum absolute atomic E-state index is 5.53. The molecule has 1 aromatic heterocycles. The van der Waals surface area contributed by atoms with Crippen LogP contribution < -0.4 is 0 Å². The fourth-order valence-corrected chi connectivity index (χ4v) is 1.31. The minimum atomic E-state index is 0.495. The van der Waals surface area contributed by atoms with Gasteiger partial charge in [0.05, 0.1) is 22.9 Å². The summed E-state index contributed by atoms with van der Waals surface area (Å²) in [5.41, 5.74) is 2.66. The molecule has 2 rings (SSSR count). The van der Waals surface area contributed by atoms with Crippen LogP contribution in [0.2, 0.25) is 0 Å². The highest BCUT2D eigenvalue weighted by molar-refractivity contribution is 6.19. The Morgan fingerprint density at radius 3 is 2.79 bits per heavy atom. The van der Waals surface area contributed by atoms with Crippen molar-refractivity contribution < 1.29 is 0 Å². The third-order valence-corrected chi connectivity index (χ3v) is 2.02. The van der Waals surface area contributed by atoms with Crippen molar-refractivity contribution in [3.05, 3.63) is 42.2 Å². The Hall–Kier alpha value is -1.41. The fraction of sp³-hybridized carbons (Fsp3) is 0.0909. The van der Waals surface area contributed by atoms with Crippen molar-refractivity contribution in [3.63, 3.8) is 0 Å². The number of rotatable bonds is 2. The molecule has 1 heterocycles. The SMILES string of the molecule is ClC/C=C/c1cnc2ccccc2n1. The first kappa shape index (κ1) is 9.16. The Bertz CT molecular complexity index is 466. The second-order valence-electron chi connectivity index (χ2n) is 2.84. The van der Waals surface area contributed by atoms with Crippen LogP contribution in [0.5, 0.6) is 0 Å². The number of nitrogens with zero attached hydrogens (tertiary/aromatic N) is 2. The van der Waals surface area contributed by atoms with Gasteiger partial charge in [-0.1, -0.05) is 18.2 Å². The molecule has 0 aliphatic carbocycles. The Labute approximate surface area is 87.3 Å². The first-order valence-corrected chi connectivity index (χ1v) is 4.88. The average molecular weight is 205 g/mol. The van der Waals surface area contributed by atoms with Crippen molar-refractivity contribution in [2.75, 3.05) is 5.88 Å². The van der Waals surface area contributed by atoms with Gasteiger partial charge in [-0.2, -0.15) is 0 Å². The van der Waals surface area contributed by atoms with E-state index in [2.05, 4.69) is 9.97 Å². The highest BCUT2D eigenvalue weighted by Crippen LogP contribution is 2.09. The van der Waals surface area contributed by atoms with Gasteiger partial charge in [0.1, 0.15) is 0 Å².